The van der Waals surface area contributed by atoms with Crippen LogP contribution in [-0.2, 0) is 10.0 Å². The van der Waals surface area contributed by atoms with Crippen LogP contribution in [0, 0.1) is 11.6 Å². The Bertz CT molecular complexity index is 1510. The van der Waals surface area contributed by atoms with Gasteiger partial charge in [0.2, 0.25) is 16.0 Å². The third-order valence-electron chi connectivity index (χ3n) is 5.85. The molecule has 0 unspecified atom stereocenters. The van der Waals surface area contributed by atoms with E-state index >= 15 is 8.78 Å². The molecule has 1 aliphatic heterocycles. The molecule has 1 saturated heterocycles. The van der Waals surface area contributed by atoms with E-state index in [-0.39, 0.29) is 11.4 Å². The molecule has 0 radical (unpaired) electrons. The van der Waals surface area contributed by atoms with Gasteiger partial charge in [-0.1, -0.05) is 6.92 Å². The van der Waals surface area contributed by atoms with Gasteiger partial charge in [-0.25, -0.2) is 37.1 Å². The monoisotopic (exact) mass is 514 g/mol. The molecular weight excluding hydrogens is 490 g/mol. The number of benzene rings is 1. The first kappa shape index (κ1) is 24.0. The highest BCUT2D eigenvalue weighted by atomic mass is 32.2. The van der Waals surface area contributed by atoms with E-state index in [9.17, 15) is 8.42 Å². The van der Waals surface area contributed by atoms with Crippen LogP contribution in [0.4, 0.5) is 20.4 Å². The summed E-state index contributed by atoms with van der Waals surface area (Å²) in [4.78, 5) is 19.4. The first-order valence-corrected chi connectivity index (χ1v) is 13.1. The van der Waals surface area contributed by atoms with E-state index in [1.165, 1.54) is 23.3 Å². The zero-order valence-corrected chi connectivity index (χ0v) is 20.3. The highest BCUT2D eigenvalue weighted by Crippen LogP contribution is 2.34. The molecule has 1 aliphatic rings. The molecule has 188 valence electrons. The number of hydrogen-bond acceptors (Lipinski definition) is 8. The van der Waals surface area contributed by atoms with Crippen LogP contribution in [0.15, 0.2) is 43.2 Å². The molecule has 0 aliphatic carbocycles. The topological polar surface area (TPSA) is 118 Å². The minimum atomic E-state index is -3.79. The summed E-state index contributed by atoms with van der Waals surface area (Å²) < 4.78 is 58.7. The van der Waals surface area contributed by atoms with Crippen molar-refractivity contribution in [3.63, 3.8) is 0 Å². The van der Waals surface area contributed by atoms with E-state index in [4.69, 9.17) is 4.98 Å². The lowest BCUT2D eigenvalue weighted by Gasteiger charge is -2.27. The van der Waals surface area contributed by atoms with E-state index < -0.39 is 27.3 Å². The zero-order chi connectivity index (χ0) is 25.3. The molecule has 0 amide bonds. The molecule has 3 aromatic heterocycles. The van der Waals surface area contributed by atoms with Gasteiger partial charge in [-0.15, -0.1) is 0 Å². The van der Waals surface area contributed by atoms with Gasteiger partial charge in [0.05, 0.1) is 23.2 Å². The molecule has 1 aromatic carbocycles. The Balaban J connectivity index is 1.69. The summed E-state index contributed by atoms with van der Waals surface area (Å²) in [6.45, 7) is 4.72. The van der Waals surface area contributed by atoms with Crippen molar-refractivity contribution in [2.24, 2.45) is 0 Å². The number of nitrogens with zero attached hydrogens (tertiary/aromatic N) is 6. The molecule has 13 heteroatoms. The number of hydrogen-bond donors (Lipinski definition) is 2. The fourth-order valence-electron chi connectivity index (χ4n) is 4.18. The van der Waals surface area contributed by atoms with Crippen LogP contribution in [0.3, 0.4) is 0 Å². The summed E-state index contributed by atoms with van der Waals surface area (Å²) in [7, 11) is -3.79. The Labute approximate surface area is 206 Å². The molecule has 36 heavy (non-hydrogen) atoms. The van der Waals surface area contributed by atoms with E-state index in [0.717, 1.165) is 38.3 Å². The Kier molecular flexibility index (Phi) is 6.49. The molecule has 4 heterocycles. The van der Waals surface area contributed by atoms with E-state index in [1.807, 2.05) is 4.90 Å². The third-order valence-corrected chi connectivity index (χ3v) is 7.32. The Morgan fingerprint density at radius 3 is 2.58 bits per heavy atom. The predicted octanol–water partition coefficient (Wildman–Crippen LogP) is 2.72. The van der Waals surface area contributed by atoms with Crippen LogP contribution in [0.5, 0.6) is 0 Å². The van der Waals surface area contributed by atoms with Gasteiger partial charge < -0.3 is 14.8 Å². The summed E-state index contributed by atoms with van der Waals surface area (Å²) in [5.41, 5.74) is 1.18. The maximum atomic E-state index is 15.6. The van der Waals surface area contributed by atoms with Gasteiger partial charge in [0, 0.05) is 55.9 Å². The fraction of sp³-hybridized carbons (Fsp3) is 0.304. The number of halogens is 2. The first-order valence-electron chi connectivity index (χ1n) is 11.5. The van der Waals surface area contributed by atoms with E-state index in [0.29, 0.717) is 34.5 Å². The largest absolute Gasteiger partial charge is 0.338 e. The molecule has 0 bridgehead atoms. The number of anilines is 2. The minimum Gasteiger partial charge on any atom is -0.338 e. The van der Waals surface area contributed by atoms with E-state index in [2.05, 4.69) is 25.0 Å². The molecule has 0 saturated carbocycles. The quantitative estimate of drug-likeness (QED) is 0.387. The van der Waals surface area contributed by atoms with Gasteiger partial charge in [-0.05, 0) is 18.6 Å². The Hall–Kier alpha value is -3.71. The van der Waals surface area contributed by atoms with Gasteiger partial charge in [-0.3, -0.25) is 4.72 Å². The molecule has 4 aromatic rings. The standard InChI is InChI=1S/C23H24F2N8O2S/c1-2-9-36(34,35)31-18-4-3-17(24)22(20(18)25)33-13-16(15-10-27-14-28-11-15)21-19(33)12-29-23(30-21)32-7-5-26-6-8-32/h3-4,10-14,26,31H,2,5-9H2,1H3. The van der Waals surface area contributed by atoms with Crippen LogP contribution < -0.4 is 14.9 Å². The zero-order valence-electron chi connectivity index (χ0n) is 19.4. The smallest absolute Gasteiger partial charge is 0.232 e. The normalized spacial score (nSPS) is 14.4. The van der Waals surface area contributed by atoms with Crippen molar-refractivity contribution < 1.29 is 17.2 Å². The van der Waals surface area contributed by atoms with Crippen molar-refractivity contribution in [2.75, 3.05) is 41.6 Å². The van der Waals surface area contributed by atoms with E-state index in [1.54, 1.807) is 19.3 Å². The van der Waals surface area contributed by atoms with Crippen LogP contribution in [-0.4, -0.2) is 64.9 Å². The average Bonchev–Trinajstić information content (AvgIpc) is 3.25. The van der Waals surface area contributed by atoms with Crippen molar-refractivity contribution in [1.29, 1.82) is 0 Å². The van der Waals surface area contributed by atoms with Crippen LogP contribution in [0.25, 0.3) is 27.8 Å². The van der Waals surface area contributed by atoms with Gasteiger partial charge in [0.1, 0.15) is 23.3 Å². The van der Waals surface area contributed by atoms with Gasteiger partial charge in [-0.2, -0.15) is 0 Å². The second-order valence-electron chi connectivity index (χ2n) is 8.36. The summed E-state index contributed by atoms with van der Waals surface area (Å²) in [5, 5.41) is 3.28. The highest BCUT2D eigenvalue weighted by Gasteiger charge is 2.24. The number of sulfonamides is 1. The molecule has 0 atom stereocenters. The molecule has 10 nitrogen and oxygen atoms in total. The third kappa shape index (κ3) is 4.58. The molecule has 5 rings (SSSR count). The SMILES string of the molecule is CCCS(=O)(=O)Nc1ccc(F)c(-n2cc(-c3cncnc3)c3nc(N4CCNCC4)ncc32)c1F. The van der Waals surface area contributed by atoms with Crippen molar-refractivity contribution in [1.82, 2.24) is 29.8 Å². The fourth-order valence-corrected chi connectivity index (χ4v) is 5.31. The lowest BCUT2D eigenvalue weighted by atomic mass is 10.1. The van der Waals surface area contributed by atoms with Crippen LogP contribution in [0.2, 0.25) is 0 Å². The van der Waals surface area contributed by atoms with Crippen molar-refractivity contribution in [3.8, 4) is 16.8 Å². The number of nitrogens with one attached hydrogen (secondary N) is 2. The van der Waals surface area contributed by atoms with Gasteiger partial charge >= 0.3 is 0 Å². The molecule has 2 N–H and O–H groups in total. The average molecular weight is 515 g/mol. The Morgan fingerprint density at radius 1 is 1.11 bits per heavy atom. The van der Waals surface area contributed by atoms with Crippen LogP contribution in [0.1, 0.15) is 13.3 Å². The lowest BCUT2D eigenvalue weighted by Crippen LogP contribution is -2.44. The van der Waals surface area contributed by atoms with Crippen LogP contribution >= 0.6 is 0 Å². The minimum absolute atomic E-state index is 0.188. The van der Waals surface area contributed by atoms with Crippen molar-refractivity contribution >= 4 is 32.7 Å². The summed E-state index contributed by atoms with van der Waals surface area (Å²) >= 11 is 0. The summed E-state index contributed by atoms with van der Waals surface area (Å²) in [6, 6.07) is 2.09. The highest BCUT2D eigenvalue weighted by molar-refractivity contribution is 7.92. The Morgan fingerprint density at radius 2 is 1.86 bits per heavy atom. The number of aromatic nitrogens is 5. The summed E-state index contributed by atoms with van der Waals surface area (Å²) in [6.07, 6.45) is 7.95. The number of rotatable bonds is 7. The second kappa shape index (κ2) is 9.74. The number of fused-ring (bicyclic) bond motifs is 1. The maximum absolute atomic E-state index is 15.6. The number of piperazine rings is 1. The van der Waals surface area contributed by atoms with Crippen molar-refractivity contribution in [2.45, 2.75) is 13.3 Å². The van der Waals surface area contributed by atoms with Gasteiger partial charge in [0.15, 0.2) is 5.82 Å². The maximum Gasteiger partial charge on any atom is 0.232 e. The van der Waals surface area contributed by atoms with Gasteiger partial charge in [0.25, 0.3) is 0 Å². The molecule has 0 spiro atoms. The lowest BCUT2D eigenvalue weighted by molar-refractivity contribution is 0.572. The van der Waals surface area contributed by atoms with Crippen molar-refractivity contribution in [3.05, 3.63) is 54.9 Å². The molecular formula is C23H24F2N8O2S. The second-order valence-corrected chi connectivity index (χ2v) is 10.2. The first-order chi connectivity index (χ1) is 17.4. The summed E-state index contributed by atoms with van der Waals surface area (Å²) in [5.74, 6) is -1.60. The molecule has 1 fully saturated rings. The predicted molar refractivity (Wildman–Crippen MR) is 133 cm³/mol.